The van der Waals surface area contributed by atoms with E-state index in [-0.39, 0.29) is 25.8 Å². The zero-order valence-electron chi connectivity index (χ0n) is 12.9. The molecule has 2 rings (SSSR count). The average molecular weight is 274 g/mol. The van der Waals surface area contributed by atoms with E-state index in [9.17, 15) is 4.79 Å². The van der Waals surface area contributed by atoms with Crippen molar-refractivity contribution in [2.45, 2.75) is 31.3 Å². The first-order chi connectivity index (χ1) is 8.74. The van der Waals surface area contributed by atoms with Gasteiger partial charge >= 0.3 is 18.9 Å². The molecule has 0 spiro atoms. The number of hydrogen-bond donors (Lipinski definition) is 0. The second-order valence-electron chi connectivity index (χ2n) is 4.52. The first-order valence-electron chi connectivity index (χ1n) is 6.27. The van der Waals surface area contributed by atoms with Crippen molar-refractivity contribution in [3.63, 3.8) is 0 Å². The van der Waals surface area contributed by atoms with E-state index in [1.165, 1.54) is 25.7 Å². The SMILES string of the molecule is COc1ccc(C(=O)PC2CCCC2)c(OC)c1.[H-].[Li+]. The molecule has 0 heterocycles. The zero-order valence-corrected chi connectivity index (χ0v) is 12.9. The van der Waals surface area contributed by atoms with Gasteiger partial charge in [-0.2, -0.15) is 0 Å². The molecule has 0 bridgehead atoms. The predicted octanol–water partition coefficient (Wildman–Crippen LogP) is 0.582. The summed E-state index contributed by atoms with van der Waals surface area (Å²) >= 11 is 0. The van der Waals surface area contributed by atoms with Crippen LogP contribution in [-0.2, 0) is 0 Å². The Labute approximate surface area is 129 Å². The molecule has 5 heteroatoms. The zero-order chi connectivity index (χ0) is 13.0. The molecule has 1 aliphatic carbocycles. The Hall–Kier alpha value is -0.483. The van der Waals surface area contributed by atoms with Gasteiger partial charge in [-0.15, -0.1) is 0 Å². The molecule has 0 amide bonds. The topological polar surface area (TPSA) is 35.5 Å². The smallest absolute Gasteiger partial charge is 1.00 e. The number of benzene rings is 1. The minimum absolute atomic E-state index is 0. The van der Waals surface area contributed by atoms with Crippen LogP contribution in [0.1, 0.15) is 37.5 Å². The van der Waals surface area contributed by atoms with Crippen LogP contribution in [0.5, 0.6) is 11.5 Å². The third-order valence-corrected chi connectivity index (χ3v) is 4.86. The van der Waals surface area contributed by atoms with E-state index in [0.29, 0.717) is 31.3 Å². The monoisotopic (exact) mass is 274 g/mol. The van der Waals surface area contributed by atoms with Gasteiger partial charge in [-0.1, -0.05) is 12.8 Å². The van der Waals surface area contributed by atoms with Crippen molar-refractivity contribution >= 4 is 14.1 Å². The van der Waals surface area contributed by atoms with Crippen molar-refractivity contribution < 1.29 is 34.6 Å². The van der Waals surface area contributed by atoms with Crippen LogP contribution in [0.15, 0.2) is 18.2 Å². The van der Waals surface area contributed by atoms with Crippen LogP contribution >= 0.6 is 8.58 Å². The second-order valence-corrected chi connectivity index (χ2v) is 6.08. The molecule has 1 aliphatic rings. The fraction of sp³-hybridized carbons (Fsp3) is 0.500. The summed E-state index contributed by atoms with van der Waals surface area (Å²) in [6.45, 7) is 0. The third-order valence-electron chi connectivity index (χ3n) is 3.34. The van der Waals surface area contributed by atoms with Gasteiger partial charge in [-0.3, -0.25) is 4.79 Å². The number of rotatable bonds is 5. The Bertz CT molecular complexity index is 436. The maximum Gasteiger partial charge on any atom is 1.00 e. The van der Waals surface area contributed by atoms with Crippen molar-refractivity contribution in [2.24, 2.45) is 0 Å². The van der Waals surface area contributed by atoms with Crippen LogP contribution in [0.25, 0.3) is 0 Å². The molecular formula is C14H20LiO3P. The van der Waals surface area contributed by atoms with E-state index < -0.39 is 0 Å². The summed E-state index contributed by atoms with van der Waals surface area (Å²) in [7, 11) is 3.57. The van der Waals surface area contributed by atoms with Crippen LogP contribution in [-0.4, -0.2) is 25.4 Å². The van der Waals surface area contributed by atoms with Gasteiger partial charge in [-0.05, 0) is 39.2 Å². The van der Waals surface area contributed by atoms with Crippen molar-refractivity contribution in [2.75, 3.05) is 14.2 Å². The van der Waals surface area contributed by atoms with Gasteiger partial charge in [0.05, 0.1) is 19.8 Å². The van der Waals surface area contributed by atoms with E-state index >= 15 is 0 Å². The second kappa shape index (κ2) is 7.95. The van der Waals surface area contributed by atoms with Crippen LogP contribution in [0.2, 0.25) is 0 Å². The van der Waals surface area contributed by atoms with Gasteiger partial charge in [0.2, 0.25) is 0 Å². The first-order valence-corrected chi connectivity index (χ1v) is 7.35. The summed E-state index contributed by atoms with van der Waals surface area (Å²) in [5.74, 6) is 1.33. The minimum atomic E-state index is 0. The molecule has 0 N–H and O–H groups in total. The number of methoxy groups -OCH3 is 2. The van der Waals surface area contributed by atoms with Gasteiger partial charge in [0.1, 0.15) is 11.5 Å². The summed E-state index contributed by atoms with van der Waals surface area (Å²) in [6.07, 6.45) is 4.93. The summed E-state index contributed by atoms with van der Waals surface area (Å²) < 4.78 is 10.4. The predicted molar refractivity (Wildman–Crippen MR) is 75.6 cm³/mol. The molecule has 0 saturated heterocycles. The van der Waals surface area contributed by atoms with Crippen molar-refractivity contribution in [3.05, 3.63) is 23.8 Å². The van der Waals surface area contributed by atoms with Crippen molar-refractivity contribution in [1.82, 2.24) is 0 Å². The molecule has 1 saturated carbocycles. The first kappa shape index (κ1) is 16.6. The number of hydrogen-bond acceptors (Lipinski definition) is 3. The largest absolute Gasteiger partial charge is 1.00 e. The Balaban J connectivity index is 0.00000180. The average Bonchev–Trinajstić information content (AvgIpc) is 2.90. The van der Waals surface area contributed by atoms with E-state index in [0.717, 1.165) is 0 Å². The van der Waals surface area contributed by atoms with Gasteiger partial charge in [0, 0.05) is 6.07 Å². The Morgan fingerprint density at radius 2 is 1.95 bits per heavy atom. The molecular weight excluding hydrogens is 254 g/mol. The number of carbonyl (C=O) groups excluding carboxylic acids is 1. The van der Waals surface area contributed by atoms with Crippen molar-refractivity contribution in [1.29, 1.82) is 0 Å². The fourth-order valence-electron chi connectivity index (χ4n) is 2.32. The molecule has 19 heavy (non-hydrogen) atoms. The standard InChI is InChI=1S/C14H19O3P.Li.H/c1-16-10-7-8-12(13(9-10)17-2)14(15)18-11-5-3-4-6-11;;/h7-9,11,18H,3-6H2,1-2H3;;/q;+1;-1. The van der Waals surface area contributed by atoms with Crippen LogP contribution < -0.4 is 28.3 Å². The molecule has 0 aliphatic heterocycles. The van der Waals surface area contributed by atoms with Gasteiger partial charge < -0.3 is 10.9 Å². The molecule has 100 valence electrons. The number of ether oxygens (including phenoxy) is 2. The molecule has 1 unspecified atom stereocenters. The molecule has 1 fully saturated rings. The molecule has 0 aromatic heterocycles. The minimum Gasteiger partial charge on any atom is -1.00 e. The summed E-state index contributed by atoms with van der Waals surface area (Å²) in [5.41, 5.74) is 1.48. The van der Waals surface area contributed by atoms with E-state index in [2.05, 4.69) is 0 Å². The quantitative estimate of drug-likeness (QED) is 0.582. The molecule has 0 radical (unpaired) electrons. The normalized spacial score (nSPS) is 15.5. The fourth-order valence-corrected chi connectivity index (χ4v) is 3.75. The van der Waals surface area contributed by atoms with Gasteiger partial charge in [-0.25, -0.2) is 0 Å². The van der Waals surface area contributed by atoms with Crippen LogP contribution in [0.3, 0.4) is 0 Å². The van der Waals surface area contributed by atoms with E-state index in [4.69, 9.17) is 9.47 Å². The van der Waals surface area contributed by atoms with E-state index in [1.54, 1.807) is 20.3 Å². The Morgan fingerprint density at radius 1 is 1.26 bits per heavy atom. The molecule has 1 aromatic rings. The molecule has 1 aromatic carbocycles. The Kier molecular flexibility index (Phi) is 6.93. The van der Waals surface area contributed by atoms with E-state index in [1.807, 2.05) is 12.1 Å². The maximum atomic E-state index is 12.3. The van der Waals surface area contributed by atoms with Gasteiger partial charge in [0.25, 0.3) is 0 Å². The maximum absolute atomic E-state index is 12.3. The number of carbonyl (C=O) groups is 1. The van der Waals surface area contributed by atoms with Crippen molar-refractivity contribution in [3.8, 4) is 11.5 Å². The molecule has 3 nitrogen and oxygen atoms in total. The summed E-state index contributed by atoms with van der Waals surface area (Å²) in [5, 5.41) is 0. The summed E-state index contributed by atoms with van der Waals surface area (Å²) in [4.78, 5) is 12.3. The van der Waals surface area contributed by atoms with Gasteiger partial charge in [0.15, 0.2) is 5.52 Å². The Morgan fingerprint density at radius 3 is 2.53 bits per heavy atom. The van der Waals surface area contributed by atoms with Crippen LogP contribution in [0.4, 0.5) is 0 Å². The third kappa shape index (κ3) is 4.25. The molecule has 1 atom stereocenters. The summed E-state index contributed by atoms with van der Waals surface area (Å²) in [6, 6.07) is 5.39. The van der Waals surface area contributed by atoms with Crippen LogP contribution in [0, 0.1) is 0 Å².